The minimum absolute atomic E-state index is 0.0414. The lowest BCUT2D eigenvalue weighted by Gasteiger charge is -2.33. The molecule has 0 amide bonds. The van der Waals surface area contributed by atoms with Crippen molar-refractivity contribution in [2.24, 2.45) is 0 Å². The van der Waals surface area contributed by atoms with E-state index in [2.05, 4.69) is 46.3 Å². The van der Waals surface area contributed by atoms with Gasteiger partial charge < -0.3 is 22.0 Å². The monoisotopic (exact) mass is 394 g/mol. The fraction of sp³-hybridized carbons (Fsp3) is 0.600. The van der Waals surface area contributed by atoms with Crippen molar-refractivity contribution in [3.63, 3.8) is 0 Å². The van der Waals surface area contributed by atoms with Gasteiger partial charge in [-0.1, -0.05) is 6.07 Å². The van der Waals surface area contributed by atoms with E-state index < -0.39 is 21.5 Å². The van der Waals surface area contributed by atoms with E-state index in [0.29, 0.717) is 0 Å². The second kappa shape index (κ2) is 8.15. The Hall–Kier alpha value is -0.975. The van der Waals surface area contributed by atoms with Crippen LogP contribution >= 0.6 is 7.92 Å². The van der Waals surface area contributed by atoms with Crippen molar-refractivity contribution in [1.82, 2.24) is 0 Å². The third-order valence-electron chi connectivity index (χ3n) is 2.86. The van der Waals surface area contributed by atoms with E-state index in [9.17, 15) is 30.4 Å². The Bertz CT molecular complexity index is 525. The molecule has 0 fully saturated rings. The first-order valence-corrected chi connectivity index (χ1v) is 8.92. The van der Waals surface area contributed by atoms with Crippen LogP contribution in [0.4, 0.5) is 30.4 Å². The second-order valence-electron chi connectivity index (χ2n) is 7.45. The summed E-state index contributed by atoms with van der Waals surface area (Å²) in [7, 11) is -7.08. The minimum Gasteiger partial charge on any atom is -0.418 e. The molecule has 146 valence electrons. The highest BCUT2D eigenvalue weighted by Crippen LogP contribution is 2.58. The molecule has 0 atom stereocenters. The molecule has 1 aromatic carbocycles. The SMILES string of the molecule is CC(C)(C)[PH+](c1cccc(OC(F)(F)F)c1)C(C)(C)C.F[B-](F)(F)F. The van der Waals surface area contributed by atoms with Gasteiger partial charge in [0, 0.05) is 14.0 Å². The Morgan fingerprint density at radius 3 is 1.56 bits per heavy atom. The molecule has 0 N–H and O–H groups in total. The Labute approximate surface area is 144 Å². The van der Waals surface area contributed by atoms with Crippen LogP contribution < -0.4 is 10.0 Å². The first-order valence-electron chi connectivity index (χ1n) is 7.42. The van der Waals surface area contributed by atoms with Crippen molar-refractivity contribution in [2.45, 2.75) is 58.2 Å². The predicted octanol–water partition coefficient (Wildman–Crippen LogP) is 6.32. The minimum atomic E-state index is -6.00. The maximum atomic E-state index is 12.3. The highest BCUT2D eigenvalue weighted by atomic mass is 31.1. The summed E-state index contributed by atoms with van der Waals surface area (Å²) in [6, 6.07) is 6.44. The van der Waals surface area contributed by atoms with Crippen molar-refractivity contribution in [3.05, 3.63) is 24.3 Å². The van der Waals surface area contributed by atoms with E-state index in [-0.39, 0.29) is 16.1 Å². The molecule has 1 rings (SSSR count). The number of hydrogen-bond donors (Lipinski definition) is 0. The number of hydrogen-bond acceptors (Lipinski definition) is 1. The average molecular weight is 394 g/mol. The Morgan fingerprint density at radius 1 is 0.840 bits per heavy atom. The van der Waals surface area contributed by atoms with Crippen LogP contribution in [0.25, 0.3) is 0 Å². The van der Waals surface area contributed by atoms with Crippen molar-refractivity contribution >= 4 is 20.5 Å². The van der Waals surface area contributed by atoms with Crippen LogP contribution in [0.15, 0.2) is 24.3 Å². The topological polar surface area (TPSA) is 9.23 Å². The first kappa shape index (κ1) is 24.0. The lowest BCUT2D eigenvalue weighted by molar-refractivity contribution is -0.274. The van der Waals surface area contributed by atoms with Crippen molar-refractivity contribution in [1.29, 1.82) is 0 Å². The van der Waals surface area contributed by atoms with E-state index in [4.69, 9.17) is 0 Å². The molecule has 0 aliphatic heterocycles. The molecule has 0 spiro atoms. The van der Waals surface area contributed by atoms with Crippen molar-refractivity contribution < 1.29 is 35.2 Å². The highest BCUT2D eigenvalue weighted by Gasteiger charge is 2.44. The van der Waals surface area contributed by atoms with Crippen LogP contribution in [0.5, 0.6) is 5.75 Å². The van der Waals surface area contributed by atoms with Gasteiger partial charge >= 0.3 is 13.6 Å². The van der Waals surface area contributed by atoms with E-state index in [1.54, 1.807) is 6.07 Å². The van der Waals surface area contributed by atoms with Crippen molar-refractivity contribution in [2.75, 3.05) is 0 Å². The van der Waals surface area contributed by atoms with Gasteiger partial charge in [-0.2, -0.15) is 0 Å². The van der Waals surface area contributed by atoms with Crippen LogP contribution in [-0.2, 0) is 0 Å². The molecular weight excluding hydrogens is 371 g/mol. The smallest absolute Gasteiger partial charge is 0.418 e. The first-order chi connectivity index (χ1) is 10.8. The molecule has 0 radical (unpaired) electrons. The maximum absolute atomic E-state index is 12.3. The van der Waals surface area contributed by atoms with Crippen LogP contribution in [0.3, 0.4) is 0 Å². The van der Waals surface area contributed by atoms with Crippen molar-refractivity contribution in [3.8, 4) is 5.75 Å². The molecule has 0 aliphatic rings. The van der Waals surface area contributed by atoms with E-state index >= 15 is 0 Å². The van der Waals surface area contributed by atoms with Crippen LogP contribution in [-0.4, -0.2) is 23.9 Å². The molecular formula is C15H23BF7OP. The highest BCUT2D eigenvalue weighted by molar-refractivity contribution is 7.68. The maximum Gasteiger partial charge on any atom is 0.673 e. The molecule has 10 heteroatoms. The lowest BCUT2D eigenvalue weighted by atomic mass is 10.2. The van der Waals surface area contributed by atoms with Gasteiger partial charge in [0.2, 0.25) is 0 Å². The summed E-state index contributed by atoms with van der Waals surface area (Å²) in [6.45, 7) is 12.9. The summed E-state index contributed by atoms with van der Waals surface area (Å²) in [6.07, 6.45) is -4.64. The molecule has 0 aliphatic carbocycles. The van der Waals surface area contributed by atoms with E-state index in [1.807, 2.05) is 6.07 Å². The summed E-state index contributed by atoms with van der Waals surface area (Å²) in [5.74, 6) is -0.133. The van der Waals surface area contributed by atoms with E-state index in [1.165, 1.54) is 12.1 Å². The van der Waals surface area contributed by atoms with Crippen LogP contribution in [0.2, 0.25) is 0 Å². The molecule has 0 bridgehead atoms. The summed E-state index contributed by atoms with van der Waals surface area (Å²) in [5, 5.41) is 1.05. The number of halogens is 7. The summed E-state index contributed by atoms with van der Waals surface area (Å²) in [5.41, 5.74) is 0. The van der Waals surface area contributed by atoms with Gasteiger partial charge in [-0.15, -0.1) is 13.2 Å². The van der Waals surface area contributed by atoms with Crippen LogP contribution in [0, 0.1) is 0 Å². The molecule has 0 saturated carbocycles. The normalized spacial score (nSPS) is 13.4. The second-order valence-corrected chi connectivity index (χ2v) is 11.8. The molecule has 1 nitrogen and oxygen atoms in total. The van der Waals surface area contributed by atoms with Gasteiger partial charge in [-0.05, 0) is 53.7 Å². The quantitative estimate of drug-likeness (QED) is 0.324. The number of alkyl halides is 3. The fourth-order valence-corrected chi connectivity index (χ4v) is 7.37. The number of ether oxygens (including phenoxy) is 1. The zero-order valence-corrected chi connectivity index (χ0v) is 15.9. The standard InChI is InChI=1S/C15H22F3OP.BF4/c1-13(2,3)20(14(4,5)6)12-9-7-8-11(10-12)19-15(16,17)18;2-1(3,4)5/h7-10H,1-6H3;/q;-1/p+1. The van der Waals surface area contributed by atoms with Gasteiger partial charge in [0.15, 0.2) is 0 Å². The lowest BCUT2D eigenvalue weighted by Crippen LogP contribution is -2.31. The predicted molar refractivity (Wildman–Crippen MR) is 90.8 cm³/mol. The Kier molecular flexibility index (Phi) is 7.83. The molecule has 1 aromatic rings. The van der Waals surface area contributed by atoms with Gasteiger partial charge in [-0.3, -0.25) is 0 Å². The molecule has 0 heterocycles. The van der Waals surface area contributed by atoms with Gasteiger partial charge in [-0.25, -0.2) is 0 Å². The van der Waals surface area contributed by atoms with Gasteiger partial charge in [0.05, 0.1) is 15.6 Å². The molecule has 25 heavy (non-hydrogen) atoms. The van der Waals surface area contributed by atoms with E-state index in [0.717, 1.165) is 5.30 Å². The third-order valence-corrected chi connectivity index (χ3v) is 6.74. The van der Waals surface area contributed by atoms with Gasteiger partial charge in [0.25, 0.3) is 0 Å². The Balaban J connectivity index is 0.00000101. The third kappa shape index (κ3) is 11.3. The molecule has 0 aromatic heterocycles. The largest absolute Gasteiger partial charge is 0.673 e. The summed E-state index contributed by atoms with van der Waals surface area (Å²) >= 11 is 0. The van der Waals surface area contributed by atoms with Crippen LogP contribution in [0.1, 0.15) is 41.5 Å². The zero-order valence-electron chi connectivity index (χ0n) is 14.9. The average Bonchev–Trinajstić information content (AvgIpc) is 2.19. The zero-order chi connectivity index (χ0) is 20.3. The van der Waals surface area contributed by atoms with Gasteiger partial charge in [0.1, 0.15) is 5.75 Å². The molecule has 0 unspecified atom stereocenters. The summed E-state index contributed by atoms with van der Waals surface area (Å²) in [4.78, 5) is 0. The molecule has 0 saturated heterocycles. The summed E-state index contributed by atoms with van der Waals surface area (Å²) < 4.78 is 80.0. The number of benzene rings is 1. The number of rotatable bonds is 2. The fourth-order valence-electron chi connectivity index (χ4n) is 2.84. The Morgan fingerprint density at radius 2 is 1.24 bits per heavy atom.